The molecule has 4 aliphatic rings. The Morgan fingerprint density at radius 2 is 1.93 bits per heavy atom. The van der Waals surface area contributed by atoms with E-state index in [1.165, 1.54) is 13.0 Å². The maximum atomic E-state index is 14.9. The van der Waals surface area contributed by atoms with Crippen molar-refractivity contribution in [2.24, 2.45) is 9.98 Å². The number of aliphatic imine (C=N–C) groups is 2. The van der Waals surface area contributed by atoms with E-state index in [0.29, 0.717) is 25.8 Å². The van der Waals surface area contributed by atoms with Crippen LogP contribution < -0.4 is 15.4 Å². The lowest BCUT2D eigenvalue weighted by atomic mass is 9.84. The topological polar surface area (TPSA) is 73.7 Å². The maximum absolute atomic E-state index is 14.9. The maximum Gasteiger partial charge on any atom is 0.420 e. The molecule has 13 heteroatoms. The predicted octanol–water partition coefficient (Wildman–Crippen LogP) is 5.52. The first-order valence-corrected chi connectivity index (χ1v) is 14.9. The zero-order chi connectivity index (χ0) is 30.9. The summed E-state index contributed by atoms with van der Waals surface area (Å²) in [7, 11) is 0. The number of nitrogens with zero attached hydrogens (tertiary/aromatic N) is 4. The van der Waals surface area contributed by atoms with Gasteiger partial charge < -0.3 is 20.1 Å². The summed E-state index contributed by atoms with van der Waals surface area (Å²) in [5.74, 6) is -1.26. The summed E-state index contributed by atoms with van der Waals surface area (Å²) in [4.78, 5) is 12.5. The minimum Gasteiger partial charge on any atom is -0.487 e. The number of alkyl halides is 4. The molecule has 0 amide bonds. The van der Waals surface area contributed by atoms with Crippen molar-refractivity contribution in [1.82, 2.24) is 15.1 Å². The largest absolute Gasteiger partial charge is 0.487 e. The molecule has 0 saturated carbocycles. The van der Waals surface area contributed by atoms with E-state index in [4.69, 9.17) is 9.47 Å². The predicted molar refractivity (Wildman–Crippen MR) is 156 cm³/mol. The lowest BCUT2D eigenvalue weighted by Gasteiger charge is -2.48. The van der Waals surface area contributed by atoms with Crippen LogP contribution in [0, 0.1) is 0 Å². The average molecular weight is 613 g/mol. The van der Waals surface area contributed by atoms with E-state index in [2.05, 4.69) is 46.1 Å². The minimum atomic E-state index is -4.77. The van der Waals surface area contributed by atoms with Crippen LogP contribution in [0.5, 0.6) is 5.75 Å². The van der Waals surface area contributed by atoms with E-state index < -0.39 is 35.6 Å². The summed E-state index contributed by atoms with van der Waals surface area (Å²) in [6, 6.07) is 3.87. The van der Waals surface area contributed by atoms with Crippen LogP contribution in [0.2, 0.25) is 0 Å². The second-order valence-corrected chi connectivity index (χ2v) is 12.5. The smallest absolute Gasteiger partial charge is 0.420 e. The van der Waals surface area contributed by atoms with Gasteiger partial charge in [-0.05, 0) is 84.3 Å². The number of halogens is 5. The molecule has 1 aromatic rings. The molecule has 0 aliphatic carbocycles. The molecule has 4 heterocycles. The van der Waals surface area contributed by atoms with Gasteiger partial charge in [0.1, 0.15) is 23.9 Å². The molecule has 4 saturated heterocycles. The molecule has 8 nitrogen and oxygen atoms in total. The molecule has 0 radical (unpaired) electrons. The highest BCUT2D eigenvalue weighted by atomic mass is 19.4. The van der Waals surface area contributed by atoms with E-state index in [0.717, 1.165) is 44.4 Å². The van der Waals surface area contributed by atoms with Crippen molar-refractivity contribution in [3.05, 3.63) is 35.4 Å². The first-order chi connectivity index (χ1) is 20.3. The number of hydrogen-bond donors (Lipinski definition) is 2. The molecular weight excluding hydrogens is 571 g/mol. The van der Waals surface area contributed by atoms with Gasteiger partial charge in [-0.1, -0.05) is 0 Å². The summed E-state index contributed by atoms with van der Waals surface area (Å²) in [5, 5.41) is 5.91. The molecule has 0 aromatic heterocycles. The molecule has 0 unspecified atom stereocenters. The summed E-state index contributed by atoms with van der Waals surface area (Å²) in [6.45, 7) is 11.8. The highest BCUT2D eigenvalue weighted by molar-refractivity contribution is 5.97. The number of anilines is 1. The van der Waals surface area contributed by atoms with E-state index in [-0.39, 0.29) is 48.1 Å². The molecule has 4 fully saturated rings. The van der Waals surface area contributed by atoms with Crippen LogP contribution in [0.3, 0.4) is 0 Å². The first-order valence-electron chi connectivity index (χ1n) is 14.9. The fourth-order valence-electron chi connectivity index (χ4n) is 6.76. The highest BCUT2D eigenvalue weighted by Crippen LogP contribution is 2.40. The zero-order valence-electron chi connectivity index (χ0n) is 24.9. The van der Waals surface area contributed by atoms with Gasteiger partial charge in [0.2, 0.25) is 5.96 Å². The lowest BCUT2D eigenvalue weighted by molar-refractivity contribution is -0.140. The van der Waals surface area contributed by atoms with Crippen molar-refractivity contribution in [3.8, 4) is 5.75 Å². The van der Waals surface area contributed by atoms with Crippen LogP contribution in [-0.2, 0) is 10.9 Å². The molecule has 2 N–H and O–H groups in total. The summed E-state index contributed by atoms with van der Waals surface area (Å²) < 4.78 is 82.6. The highest BCUT2D eigenvalue weighted by Gasteiger charge is 2.43. The van der Waals surface area contributed by atoms with Gasteiger partial charge in [-0.15, -0.1) is 0 Å². The first kappa shape index (κ1) is 31.6. The molecular formula is C30H41F5N6O2. The van der Waals surface area contributed by atoms with Gasteiger partial charge in [-0.2, -0.15) is 18.2 Å². The van der Waals surface area contributed by atoms with Crippen molar-refractivity contribution in [1.29, 1.82) is 0 Å². The molecule has 4 aliphatic heterocycles. The van der Waals surface area contributed by atoms with Crippen molar-refractivity contribution < 1.29 is 31.4 Å². The standard InChI is InChI=1S/C30H41F5N6O2/c1-18(31)27(37-20-12-21-6-5-10-41(21)29(2,3)14-20)39-28(36-4)38-19-7-8-25(23(13-19)30(33,34)35)43-26-9-11-40(15-24(26)32)22-16-42-17-22/h7-8,13,20-22,24,26,37H,4-6,9-12,14-17H2,1-3H3,(H,38,39)/b27-18+/t20-,21+,24-,26-/m1/s1. The van der Waals surface area contributed by atoms with Gasteiger partial charge in [0.15, 0.2) is 5.82 Å². The third-order valence-electron chi connectivity index (χ3n) is 8.96. The van der Waals surface area contributed by atoms with Gasteiger partial charge in [0.25, 0.3) is 0 Å². The Labute approximate surface area is 249 Å². The Morgan fingerprint density at radius 1 is 1.16 bits per heavy atom. The number of guanidine groups is 1. The number of ether oxygens (including phenoxy) is 2. The van der Waals surface area contributed by atoms with Crippen LogP contribution in [0.25, 0.3) is 0 Å². The van der Waals surface area contributed by atoms with Crippen molar-refractivity contribution in [2.45, 2.75) is 95.0 Å². The van der Waals surface area contributed by atoms with Gasteiger partial charge in [0, 0.05) is 36.4 Å². The van der Waals surface area contributed by atoms with Gasteiger partial charge in [-0.25, -0.2) is 13.8 Å². The second kappa shape index (κ2) is 12.7. The number of fused-ring (bicyclic) bond motifs is 1. The minimum absolute atomic E-state index is 0.00122. The Bertz CT molecular complexity index is 1230. The zero-order valence-corrected chi connectivity index (χ0v) is 24.9. The fraction of sp³-hybridized carbons (Fsp3) is 0.667. The molecule has 1 aromatic carbocycles. The number of benzene rings is 1. The Hall–Kier alpha value is -2.77. The summed E-state index contributed by atoms with van der Waals surface area (Å²) >= 11 is 0. The van der Waals surface area contributed by atoms with Crippen LogP contribution in [-0.4, -0.2) is 91.3 Å². The van der Waals surface area contributed by atoms with Gasteiger partial charge in [0.05, 0.1) is 24.8 Å². The fourth-order valence-corrected chi connectivity index (χ4v) is 6.76. The Morgan fingerprint density at radius 3 is 2.56 bits per heavy atom. The van der Waals surface area contributed by atoms with Crippen molar-refractivity contribution in [2.75, 3.05) is 38.2 Å². The number of rotatable bonds is 7. The van der Waals surface area contributed by atoms with E-state index >= 15 is 0 Å². The third kappa shape index (κ3) is 7.31. The number of nitrogens with one attached hydrogen (secondary N) is 2. The molecule has 5 rings (SSSR count). The average Bonchev–Trinajstić information content (AvgIpc) is 3.38. The molecule has 4 atom stereocenters. The quantitative estimate of drug-likeness (QED) is 0.240. The van der Waals surface area contributed by atoms with Crippen LogP contribution in [0.15, 0.2) is 39.8 Å². The van der Waals surface area contributed by atoms with Gasteiger partial charge in [-0.3, -0.25) is 9.80 Å². The number of hydrogen-bond acceptors (Lipinski definition) is 6. The Kier molecular flexibility index (Phi) is 9.34. The monoisotopic (exact) mass is 612 g/mol. The summed E-state index contributed by atoms with van der Waals surface area (Å²) in [5.41, 5.74) is -1.13. The number of likely N-dealkylation sites (tertiary alicyclic amines) is 1. The molecule has 238 valence electrons. The summed E-state index contributed by atoms with van der Waals surface area (Å²) in [6.07, 6.45) is -3.12. The third-order valence-corrected chi connectivity index (χ3v) is 8.96. The van der Waals surface area contributed by atoms with Crippen LogP contribution in [0.1, 0.15) is 58.4 Å². The second-order valence-electron chi connectivity index (χ2n) is 12.5. The number of allylic oxidation sites excluding steroid dienone is 1. The van der Waals surface area contributed by atoms with Crippen LogP contribution in [0.4, 0.5) is 27.6 Å². The van der Waals surface area contributed by atoms with Crippen molar-refractivity contribution >= 4 is 18.4 Å². The SMILES string of the molecule is C=NC(=N/C(N[C@@H]1C[C@@H]2CCCN2C(C)(C)C1)=C(\C)F)Nc1ccc(O[C@@H]2CCN(C3COC3)C[C@H]2F)c(C(F)(F)F)c1. The van der Waals surface area contributed by atoms with E-state index in [9.17, 15) is 22.0 Å². The number of piperidine rings is 2. The van der Waals surface area contributed by atoms with Crippen LogP contribution >= 0.6 is 0 Å². The lowest BCUT2D eigenvalue weighted by Crippen LogP contribution is -2.56. The van der Waals surface area contributed by atoms with E-state index in [1.807, 2.05) is 4.90 Å². The molecule has 0 bridgehead atoms. The molecule has 43 heavy (non-hydrogen) atoms. The van der Waals surface area contributed by atoms with E-state index in [1.54, 1.807) is 0 Å². The van der Waals surface area contributed by atoms with Gasteiger partial charge >= 0.3 is 6.18 Å². The van der Waals surface area contributed by atoms with Crippen molar-refractivity contribution in [3.63, 3.8) is 0 Å². The molecule has 0 spiro atoms. The normalized spacial score (nSPS) is 29.3. The Balaban J connectivity index is 1.28.